The number of carbonyl (C=O) groups is 1. The molecule has 1 aromatic heterocycles. The Morgan fingerprint density at radius 2 is 1.52 bits per heavy atom. The van der Waals surface area contributed by atoms with Crippen molar-refractivity contribution in [1.29, 1.82) is 0 Å². The standard InChI is InChI=1S/C27H33NO3/c29-27(30)18-17-26-24(19-20-28-26)12-7-11-23-13-15-25(16-14-23)31-21-6-2-5-10-22-8-3-1-4-9-22/h1,3-4,8-9,13-16,19-20,28H,2,5-7,10-12,17-18,21H2,(H,29,30). The number of carboxylic acid groups (broad SMARTS) is 1. The molecule has 0 unspecified atom stereocenters. The lowest BCUT2D eigenvalue weighted by atomic mass is 10.0. The maximum atomic E-state index is 10.8. The zero-order valence-electron chi connectivity index (χ0n) is 18.2. The van der Waals surface area contributed by atoms with Gasteiger partial charge in [0.25, 0.3) is 0 Å². The van der Waals surface area contributed by atoms with Gasteiger partial charge in [0, 0.05) is 11.9 Å². The van der Waals surface area contributed by atoms with Gasteiger partial charge in [0.2, 0.25) is 0 Å². The van der Waals surface area contributed by atoms with Crippen LogP contribution in [0.25, 0.3) is 0 Å². The molecule has 164 valence electrons. The lowest BCUT2D eigenvalue weighted by Crippen LogP contribution is -2.00. The zero-order chi connectivity index (χ0) is 21.7. The summed E-state index contributed by atoms with van der Waals surface area (Å²) >= 11 is 0. The highest BCUT2D eigenvalue weighted by atomic mass is 16.5. The molecule has 0 saturated heterocycles. The highest BCUT2D eigenvalue weighted by Crippen LogP contribution is 2.17. The van der Waals surface area contributed by atoms with E-state index in [1.807, 2.05) is 6.20 Å². The molecule has 0 spiro atoms. The number of aromatic nitrogens is 1. The average molecular weight is 420 g/mol. The van der Waals surface area contributed by atoms with Crippen LogP contribution in [-0.4, -0.2) is 22.7 Å². The molecule has 1 heterocycles. The number of aromatic amines is 1. The van der Waals surface area contributed by atoms with Crippen LogP contribution < -0.4 is 4.74 Å². The highest BCUT2D eigenvalue weighted by Gasteiger charge is 2.06. The number of hydrogen-bond donors (Lipinski definition) is 2. The van der Waals surface area contributed by atoms with Gasteiger partial charge in [-0.15, -0.1) is 0 Å². The second-order valence-corrected chi connectivity index (χ2v) is 8.02. The summed E-state index contributed by atoms with van der Waals surface area (Å²) in [6.45, 7) is 0.765. The van der Waals surface area contributed by atoms with E-state index in [1.165, 1.54) is 29.5 Å². The first-order chi connectivity index (χ1) is 15.2. The van der Waals surface area contributed by atoms with E-state index < -0.39 is 5.97 Å². The van der Waals surface area contributed by atoms with Gasteiger partial charge in [0.05, 0.1) is 13.0 Å². The Hall–Kier alpha value is -3.01. The number of ether oxygens (including phenoxy) is 1. The lowest BCUT2D eigenvalue weighted by Gasteiger charge is -2.08. The van der Waals surface area contributed by atoms with Gasteiger partial charge in [0.15, 0.2) is 0 Å². The molecule has 4 heteroatoms. The van der Waals surface area contributed by atoms with Gasteiger partial charge in [-0.1, -0.05) is 42.5 Å². The molecule has 0 fully saturated rings. The van der Waals surface area contributed by atoms with Crippen LogP contribution in [0.4, 0.5) is 0 Å². The second-order valence-electron chi connectivity index (χ2n) is 8.02. The van der Waals surface area contributed by atoms with Crippen LogP contribution in [0.3, 0.4) is 0 Å². The average Bonchev–Trinajstić information content (AvgIpc) is 3.24. The minimum Gasteiger partial charge on any atom is -0.494 e. The van der Waals surface area contributed by atoms with Crippen molar-refractivity contribution in [3.05, 3.63) is 89.2 Å². The minimum absolute atomic E-state index is 0.169. The number of aryl methyl sites for hydroxylation is 4. The van der Waals surface area contributed by atoms with E-state index in [4.69, 9.17) is 9.84 Å². The van der Waals surface area contributed by atoms with E-state index in [2.05, 4.69) is 65.6 Å². The van der Waals surface area contributed by atoms with Crippen LogP contribution >= 0.6 is 0 Å². The molecular formula is C27H33NO3. The summed E-state index contributed by atoms with van der Waals surface area (Å²) in [4.78, 5) is 14.0. The van der Waals surface area contributed by atoms with Gasteiger partial charge >= 0.3 is 5.97 Å². The molecule has 3 rings (SSSR count). The largest absolute Gasteiger partial charge is 0.494 e. The van der Waals surface area contributed by atoms with Crippen LogP contribution in [0.15, 0.2) is 66.9 Å². The summed E-state index contributed by atoms with van der Waals surface area (Å²) < 4.78 is 5.89. The molecule has 0 atom stereocenters. The molecule has 0 amide bonds. The number of benzene rings is 2. The first-order valence-corrected chi connectivity index (χ1v) is 11.3. The zero-order valence-corrected chi connectivity index (χ0v) is 18.2. The Morgan fingerprint density at radius 1 is 0.774 bits per heavy atom. The van der Waals surface area contributed by atoms with Crippen LogP contribution in [0.1, 0.15) is 54.5 Å². The van der Waals surface area contributed by atoms with Gasteiger partial charge < -0.3 is 14.8 Å². The Kier molecular flexibility index (Phi) is 9.24. The van der Waals surface area contributed by atoms with E-state index in [1.54, 1.807) is 0 Å². The Bertz CT molecular complexity index is 900. The molecule has 0 radical (unpaired) electrons. The second kappa shape index (κ2) is 12.6. The van der Waals surface area contributed by atoms with E-state index in [0.717, 1.165) is 50.2 Å². The molecule has 2 aromatic carbocycles. The molecule has 0 aliphatic rings. The van der Waals surface area contributed by atoms with Crippen molar-refractivity contribution in [3.63, 3.8) is 0 Å². The van der Waals surface area contributed by atoms with Crippen LogP contribution in [0.5, 0.6) is 5.75 Å². The van der Waals surface area contributed by atoms with Crippen LogP contribution in [0.2, 0.25) is 0 Å². The molecule has 0 aliphatic heterocycles. The summed E-state index contributed by atoms with van der Waals surface area (Å²) in [5.74, 6) is 0.184. The first-order valence-electron chi connectivity index (χ1n) is 11.3. The molecule has 0 bridgehead atoms. The number of carboxylic acids is 1. The number of hydrogen-bond acceptors (Lipinski definition) is 2. The van der Waals surface area contributed by atoms with Crippen LogP contribution in [0, 0.1) is 0 Å². The third-order valence-corrected chi connectivity index (χ3v) is 5.57. The monoisotopic (exact) mass is 419 g/mol. The van der Waals surface area contributed by atoms with E-state index in [-0.39, 0.29) is 6.42 Å². The maximum Gasteiger partial charge on any atom is 0.303 e. The number of nitrogens with one attached hydrogen (secondary N) is 1. The SMILES string of the molecule is O=C(O)CCc1[nH]ccc1CCCc1ccc(OCCCCCc2ccccc2)cc1. The Labute approximate surface area is 185 Å². The van der Waals surface area contributed by atoms with Gasteiger partial charge in [-0.2, -0.15) is 0 Å². The fourth-order valence-corrected chi connectivity index (χ4v) is 3.81. The maximum absolute atomic E-state index is 10.8. The van der Waals surface area contributed by atoms with Gasteiger partial charge in [-0.25, -0.2) is 0 Å². The number of rotatable bonds is 14. The molecule has 4 nitrogen and oxygen atoms in total. The quantitative estimate of drug-likeness (QED) is 0.315. The van der Waals surface area contributed by atoms with Gasteiger partial charge in [0.1, 0.15) is 5.75 Å². The van der Waals surface area contributed by atoms with E-state index >= 15 is 0 Å². The molecular weight excluding hydrogens is 386 g/mol. The fraction of sp³-hybridized carbons (Fsp3) is 0.370. The first kappa shape index (κ1) is 22.7. The van der Waals surface area contributed by atoms with Gasteiger partial charge in [-0.05, 0) is 86.3 Å². The third-order valence-electron chi connectivity index (χ3n) is 5.57. The van der Waals surface area contributed by atoms with Crippen molar-refractivity contribution in [2.45, 2.75) is 57.8 Å². The topological polar surface area (TPSA) is 62.3 Å². The Morgan fingerprint density at radius 3 is 2.29 bits per heavy atom. The smallest absolute Gasteiger partial charge is 0.303 e. The van der Waals surface area contributed by atoms with Crippen molar-refractivity contribution in [2.75, 3.05) is 6.61 Å². The van der Waals surface area contributed by atoms with E-state index in [0.29, 0.717) is 6.42 Å². The number of H-pyrrole nitrogens is 1. The predicted octanol–water partition coefficient (Wildman–Crippen LogP) is 6.00. The summed E-state index contributed by atoms with van der Waals surface area (Å²) in [6, 6.07) is 21.1. The minimum atomic E-state index is -0.755. The molecule has 0 aliphatic carbocycles. The van der Waals surface area contributed by atoms with Gasteiger partial charge in [-0.3, -0.25) is 4.79 Å². The fourth-order valence-electron chi connectivity index (χ4n) is 3.81. The van der Waals surface area contributed by atoms with Crippen molar-refractivity contribution in [2.24, 2.45) is 0 Å². The molecule has 3 aromatic rings. The predicted molar refractivity (Wildman–Crippen MR) is 125 cm³/mol. The molecule has 31 heavy (non-hydrogen) atoms. The van der Waals surface area contributed by atoms with Crippen molar-refractivity contribution in [3.8, 4) is 5.75 Å². The van der Waals surface area contributed by atoms with E-state index in [9.17, 15) is 4.79 Å². The number of aliphatic carboxylic acids is 1. The molecule has 0 saturated carbocycles. The third kappa shape index (κ3) is 8.33. The summed E-state index contributed by atoms with van der Waals surface area (Å²) in [5.41, 5.74) is 4.99. The Balaban J connectivity index is 1.29. The molecule has 2 N–H and O–H groups in total. The van der Waals surface area contributed by atoms with Crippen molar-refractivity contribution in [1.82, 2.24) is 4.98 Å². The van der Waals surface area contributed by atoms with Crippen LogP contribution in [-0.2, 0) is 30.5 Å². The van der Waals surface area contributed by atoms with Crippen molar-refractivity contribution >= 4 is 5.97 Å². The normalized spacial score (nSPS) is 10.8. The van der Waals surface area contributed by atoms with Crippen molar-refractivity contribution < 1.29 is 14.6 Å². The summed E-state index contributed by atoms with van der Waals surface area (Å²) in [7, 11) is 0. The lowest BCUT2D eigenvalue weighted by molar-refractivity contribution is -0.136. The summed E-state index contributed by atoms with van der Waals surface area (Å²) in [5, 5.41) is 8.86. The highest BCUT2D eigenvalue weighted by molar-refractivity contribution is 5.67. The summed E-state index contributed by atoms with van der Waals surface area (Å²) in [6.07, 6.45) is 10.2. The number of unbranched alkanes of at least 4 members (excludes halogenated alkanes) is 2.